The lowest BCUT2D eigenvalue weighted by Crippen LogP contribution is -2.29. The van der Waals surface area contributed by atoms with Crippen molar-refractivity contribution in [3.8, 4) is 11.5 Å². The van der Waals surface area contributed by atoms with E-state index < -0.39 is 6.03 Å². The van der Waals surface area contributed by atoms with Crippen LogP contribution in [0.15, 0.2) is 41.3 Å². The van der Waals surface area contributed by atoms with E-state index in [1.54, 1.807) is 30.5 Å². The van der Waals surface area contributed by atoms with Gasteiger partial charge in [-0.25, -0.2) is 14.3 Å². The maximum absolute atomic E-state index is 12.1. The summed E-state index contributed by atoms with van der Waals surface area (Å²) in [5.41, 5.74) is 1.16. The molecule has 0 aliphatic heterocycles. The Hall–Kier alpha value is -3.49. The molecule has 0 aliphatic carbocycles. The molecule has 9 heteroatoms. The number of aromatic nitrogens is 3. The molecule has 2 heterocycles. The topological polar surface area (TPSA) is 110 Å². The van der Waals surface area contributed by atoms with Crippen LogP contribution in [-0.4, -0.2) is 34.8 Å². The molecule has 0 saturated carbocycles. The average Bonchev–Trinajstić information content (AvgIpc) is 3.09. The van der Waals surface area contributed by atoms with E-state index in [2.05, 4.69) is 20.7 Å². The largest absolute Gasteiger partial charge is 0.497 e. The van der Waals surface area contributed by atoms with E-state index in [4.69, 9.17) is 9.47 Å². The van der Waals surface area contributed by atoms with E-state index in [1.807, 2.05) is 0 Å². The van der Waals surface area contributed by atoms with Gasteiger partial charge in [0.25, 0.3) is 5.56 Å². The zero-order chi connectivity index (χ0) is 17.8. The number of hydrogen-bond acceptors (Lipinski definition) is 5. The van der Waals surface area contributed by atoms with Crippen molar-refractivity contribution in [2.75, 3.05) is 19.5 Å². The highest BCUT2D eigenvalue weighted by Gasteiger charge is 2.10. The van der Waals surface area contributed by atoms with Gasteiger partial charge in [0.1, 0.15) is 11.5 Å². The van der Waals surface area contributed by atoms with Crippen LogP contribution in [0.3, 0.4) is 0 Å². The third-order valence-electron chi connectivity index (χ3n) is 3.52. The van der Waals surface area contributed by atoms with Gasteiger partial charge in [-0.15, -0.1) is 0 Å². The lowest BCUT2D eigenvalue weighted by molar-refractivity contribution is 0.251. The van der Waals surface area contributed by atoms with Crippen LogP contribution in [0.1, 0.15) is 5.69 Å². The Balaban J connectivity index is 1.69. The maximum atomic E-state index is 12.1. The number of anilines is 1. The zero-order valence-corrected chi connectivity index (χ0v) is 13.7. The molecule has 0 atom stereocenters. The van der Waals surface area contributed by atoms with Gasteiger partial charge in [-0.1, -0.05) is 0 Å². The highest BCUT2D eigenvalue weighted by Crippen LogP contribution is 2.28. The first-order valence-corrected chi connectivity index (χ1v) is 7.43. The molecule has 2 aromatic heterocycles. The van der Waals surface area contributed by atoms with Crippen molar-refractivity contribution in [1.82, 2.24) is 19.9 Å². The Morgan fingerprint density at radius 3 is 2.84 bits per heavy atom. The van der Waals surface area contributed by atoms with Gasteiger partial charge < -0.3 is 20.1 Å². The third-order valence-corrected chi connectivity index (χ3v) is 3.52. The maximum Gasteiger partial charge on any atom is 0.319 e. The SMILES string of the molecule is COc1ccc(OC)c(NC(=O)NCc2cc(=O)n3[nH]ccc3n2)c1. The van der Waals surface area contributed by atoms with Crippen LogP contribution < -0.4 is 25.7 Å². The molecule has 0 bridgehead atoms. The summed E-state index contributed by atoms with van der Waals surface area (Å²) in [4.78, 5) is 28.3. The number of carbonyl (C=O) groups excluding carboxylic acids is 1. The standard InChI is InChI=1S/C16H17N5O4/c1-24-11-3-4-13(25-2)12(8-11)20-16(23)17-9-10-7-15(22)21-14(19-10)5-6-18-21/h3-8,18H,9H2,1-2H3,(H2,17,20,23). The number of fused-ring (bicyclic) bond motifs is 1. The lowest BCUT2D eigenvalue weighted by Gasteiger charge is -2.12. The number of carbonyl (C=O) groups is 1. The fourth-order valence-corrected chi connectivity index (χ4v) is 2.32. The number of urea groups is 1. The summed E-state index contributed by atoms with van der Waals surface area (Å²) in [5, 5.41) is 8.09. The van der Waals surface area contributed by atoms with E-state index >= 15 is 0 Å². The van der Waals surface area contributed by atoms with Crippen molar-refractivity contribution in [2.24, 2.45) is 0 Å². The zero-order valence-electron chi connectivity index (χ0n) is 13.7. The molecule has 1 aromatic carbocycles. The first-order valence-electron chi connectivity index (χ1n) is 7.43. The second-order valence-corrected chi connectivity index (χ2v) is 5.12. The van der Waals surface area contributed by atoms with Gasteiger partial charge in [-0.05, 0) is 12.1 Å². The predicted molar refractivity (Wildman–Crippen MR) is 91.2 cm³/mol. The number of hydrogen-bond donors (Lipinski definition) is 3. The van der Waals surface area contributed by atoms with E-state index in [0.29, 0.717) is 28.5 Å². The third kappa shape index (κ3) is 3.55. The molecule has 0 aliphatic rings. The summed E-state index contributed by atoms with van der Waals surface area (Å²) < 4.78 is 11.7. The van der Waals surface area contributed by atoms with Crippen LogP contribution in [-0.2, 0) is 6.54 Å². The number of amides is 2. The molecule has 9 nitrogen and oxygen atoms in total. The Kier molecular flexibility index (Phi) is 4.55. The van der Waals surface area contributed by atoms with Crippen LogP contribution in [0.25, 0.3) is 5.65 Å². The number of rotatable bonds is 5. The molecule has 0 spiro atoms. The quantitative estimate of drug-likeness (QED) is 0.648. The highest BCUT2D eigenvalue weighted by atomic mass is 16.5. The van der Waals surface area contributed by atoms with Gasteiger partial charge in [0.2, 0.25) is 0 Å². The van der Waals surface area contributed by atoms with Crippen LogP contribution >= 0.6 is 0 Å². The lowest BCUT2D eigenvalue weighted by atomic mass is 10.2. The molecule has 2 amide bonds. The Bertz CT molecular complexity index is 963. The van der Waals surface area contributed by atoms with Crippen LogP contribution in [0.2, 0.25) is 0 Å². The van der Waals surface area contributed by atoms with Crippen LogP contribution in [0, 0.1) is 0 Å². The Morgan fingerprint density at radius 2 is 2.08 bits per heavy atom. The van der Waals surface area contributed by atoms with Gasteiger partial charge in [-0.2, -0.15) is 0 Å². The molecule has 3 N–H and O–H groups in total. The van der Waals surface area contributed by atoms with Gasteiger partial charge in [0.15, 0.2) is 5.65 Å². The summed E-state index contributed by atoms with van der Waals surface area (Å²) >= 11 is 0. The fourth-order valence-electron chi connectivity index (χ4n) is 2.32. The van der Waals surface area contributed by atoms with E-state index in [-0.39, 0.29) is 12.1 Å². The summed E-state index contributed by atoms with van der Waals surface area (Å²) in [6, 6.07) is 7.64. The average molecular weight is 343 g/mol. The van der Waals surface area contributed by atoms with Crippen molar-refractivity contribution in [2.45, 2.75) is 6.54 Å². The van der Waals surface area contributed by atoms with Crippen molar-refractivity contribution in [3.63, 3.8) is 0 Å². The number of methoxy groups -OCH3 is 2. The van der Waals surface area contributed by atoms with Crippen molar-refractivity contribution in [1.29, 1.82) is 0 Å². The molecule has 0 radical (unpaired) electrons. The summed E-state index contributed by atoms with van der Waals surface area (Å²) in [6.07, 6.45) is 1.61. The van der Waals surface area contributed by atoms with Crippen molar-refractivity contribution >= 4 is 17.4 Å². The molecule has 130 valence electrons. The first kappa shape index (κ1) is 16.4. The number of nitrogens with one attached hydrogen (secondary N) is 3. The monoisotopic (exact) mass is 343 g/mol. The fraction of sp³-hybridized carbons (Fsp3) is 0.188. The number of H-pyrrole nitrogens is 1. The second kappa shape index (κ2) is 6.95. The van der Waals surface area contributed by atoms with E-state index in [1.165, 1.54) is 24.8 Å². The second-order valence-electron chi connectivity index (χ2n) is 5.12. The molecule has 25 heavy (non-hydrogen) atoms. The van der Waals surface area contributed by atoms with Crippen LogP contribution in [0.4, 0.5) is 10.5 Å². The molecule has 0 saturated heterocycles. The molecule has 0 fully saturated rings. The molecule has 3 rings (SSSR count). The predicted octanol–water partition coefficient (Wildman–Crippen LogP) is 1.36. The highest BCUT2D eigenvalue weighted by molar-refractivity contribution is 5.91. The van der Waals surface area contributed by atoms with Gasteiger partial charge in [0, 0.05) is 24.4 Å². The summed E-state index contributed by atoms with van der Waals surface area (Å²) in [7, 11) is 3.04. The van der Waals surface area contributed by atoms with Crippen molar-refractivity contribution < 1.29 is 14.3 Å². The minimum Gasteiger partial charge on any atom is -0.497 e. The molecular formula is C16H17N5O4. The first-order chi connectivity index (χ1) is 12.1. The van der Waals surface area contributed by atoms with Gasteiger partial charge >= 0.3 is 6.03 Å². The smallest absolute Gasteiger partial charge is 0.319 e. The number of ether oxygens (including phenoxy) is 2. The Morgan fingerprint density at radius 1 is 1.24 bits per heavy atom. The van der Waals surface area contributed by atoms with Gasteiger partial charge in [-0.3, -0.25) is 9.89 Å². The summed E-state index contributed by atoms with van der Waals surface area (Å²) in [5.74, 6) is 1.09. The summed E-state index contributed by atoms with van der Waals surface area (Å²) in [6.45, 7) is 0.106. The normalized spacial score (nSPS) is 10.5. The van der Waals surface area contributed by atoms with Crippen molar-refractivity contribution in [3.05, 3.63) is 52.6 Å². The molecular weight excluding hydrogens is 326 g/mol. The number of aromatic amines is 1. The van der Waals surface area contributed by atoms with E-state index in [9.17, 15) is 9.59 Å². The minimum atomic E-state index is -0.456. The molecule has 3 aromatic rings. The Labute approximate surface area is 142 Å². The van der Waals surface area contributed by atoms with Crippen LogP contribution in [0.5, 0.6) is 11.5 Å². The number of benzene rings is 1. The number of nitrogens with zero attached hydrogens (tertiary/aromatic N) is 2. The molecule has 0 unspecified atom stereocenters. The minimum absolute atomic E-state index is 0.106. The van der Waals surface area contributed by atoms with Gasteiger partial charge in [0.05, 0.1) is 32.1 Å². The van der Waals surface area contributed by atoms with E-state index in [0.717, 1.165) is 0 Å².